The van der Waals surface area contributed by atoms with E-state index in [2.05, 4.69) is 5.32 Å². The smallest absolute Gasteiger partial charge is 0.407 e. The van der Waals surface area contributed by atoms with Crippen LogP contribution < -0.4 is 5.32 Å². The number of hydrogen-bond acceptors (Lipinski definition) is 2. The van der Waals surface area contributed by atoms with Crippen molar-refractivity contribution in [3.63, 3.8) is 0 Å². The predicted octanol–water partition coefficient (Wildman–Crippen LogP) is 2.80. The molecular weight excluding hydrogens is 190 g/mol. The molecule has 1 N–H and O–H groups in total. The molecule has 0 aliphatic rings. The van der Waals surface area contributed by atoms with Gasteiger partial charge in [-0.05, 0) is 26.3 Å². The van der Waals surface area contributed by atoms with E-state index >= 15 is 0 Å². The number of alkyl carbamates (subject to hydrolysis) is 1. The molecule has 0 unspecified atom stereocenters. The van der Waals surface area contributed by atoms with Gasteiger partial charge in [-0.25, -0.2) is 4.79 Å². The third kappa shape index (κ3) is 3.62. The van der Waals surface area contributed by atoms with Crippen molar-refractivity contribution in [2.75, 3.05) is 6.61 Å². The molecular formula is C12H17NO2. The molecule has 0 spiro atoms. The summed E-state index contributed by atoms with van der Waals surface area (Å²) in [5.41, 5.74) is 2.29. The number of benzene rings is 1. The van der Waals surface area contributed by atoms with E-state index in [0.29, 0.717) is 6.61 Å². The molecule has 1 atom stereocenters. The number of aryl methyl sites for hydroxylation is 1. The number of carbonyl (C=O) groups is 1. The van der Waals surface area contributed by atoms with Gasteiger partial charge in [-0.15, -0.1) is 0 Å². The predicted molar refractivity (Wildman–Crippen MR) is 59.8 cm³/mol. The summed E-state index contributed by atoms with van der Waals surface area (Å²) in [5.74, 6) is 0. The van der Waals surface area contributed by atoms with E-state index in [9.17, 15) is 4.79 Å². The number of amides is 1. The van der Waals surface area contributed by atoms with E-state index in [1.54, 1.807) is 6.92 Å². The number of carbonyl (C=O) groups excluding carboxylic acids is 1. The summed E-state index contributed by atoms with van der Waals surface area (Å²) < 4.78 is 4.81. The van der Waals surface area contributed by atoms with Crippen LogP contribution in [-0.2, 0) is 4.74 Å². The lowest BCUT2D eigenvalue weighted by Crippen LogP contribution is -2.27. The van der Waals surface area contributed by atoms with Crippen LogP contribution in [0, 0.1) is 6.92 Å². The highest BCUT2D eigenvalue weighted by atomic mass is 16.5. The quantitative estimate of drug-likeness (QED) is 0.827. The summed E-state index contributed by atoms with van der Waals surface area (Å²) in [6, 6.07) is 8.04. The normalized spacial score (nSPS) is 11.9. The molecule has 0 heterocycles. The van der Waals surface area contributed by atoms with Crippen LogP contribution in [-0.4, -0.2) is 12.7 Å². The van der Waals surface area contributed by atoms with Crippen LogP contribution in [0.15, 0.2) is 24.3 Å². The lowest BCUT2D eigenvalue weighted by Gasteiger charge is -2.13. The van der Waals surface area contributed by atoms with Gasteiger partial charge >= 0.3 is 6.09 Å². The highest BCUT2D eigenvalue weighted by molar-refractivity contribution is 5.67. The van der Waals surface area contributed by atoms with E-state index in [0.717, 1.165) is 5.56 Å². The minimum Gasteiger partial charge on any atom is -0.450 e. The van der Waals surface area contributed by atoms with Gasteiger partial charge in [0.25, 0.3) is 0 Å². The van der Waals surface area contributed by atoms with Crippen LogP contribution in [0.4, 0.5) is 4.79 Å². The molecule has 82 valence electrons. The zero-order chi connectivity index (χ0) is 11.3. The fourth-order valence-corrected chi connectivity index (χ4v) is 1.29. The summed E-state index contributed by atoms with van der Waals surface area (Å²) in [6.07, 6.45) is -0.370. The third-order valence-corrected chi connectivity index (χ3v) is 2.19. The summed E-state index contributed by atoms with van der Waals surface area (Å²) in [6.45, 7) is 6.15. The second-order valence-electron chi connectivity index (χ2n) is 3.50. The Morgan fingerprint density at radius 2 is 2.00 bits per heavy atom. The fraction of sp³-hybridized carbons (Fsp3) is 0.417. The zero-order valence-corrected chi connectivity index (χ0v) is 9.41. The van der Waals surface area contributed by atoms with E-state index in [-0.39, 0.29) is 12.1 Å². The summed E-state index contributed by atoms with van der Waals surface area (Å²) in [5, 5.41) is 2.76. The van der Waals surface area contributed by atoms with Crippen LogP contribution in [0.25, 0.3) is 0 Å². The molecule has 0 aliphatic carbocycles. The van der Waals surface area contributed by atoms with E-state index in [1.165, 1.54) is 5.56 Å². The molecule has 3 nitrogen and oxygen atoms in total. The molecule has 3 heteroatoms. The maximum absolute atomic E-state index is 11.2. The van der Waals surface area contributed by atoms with Crippen LogP contribution in [0.2, 0.25) is 0 Å². The van der Waals surface area contributed by atoms with Crippen molar-refractivity contribution in [1.29, 1.82) is 0 Å². The van der Waals surface area contributed by atoms with Gasteiger partial charge in [-0.1, -0.05) is 29.8 Å². The molecule has 1 aromatic carbocycles. The molecule has 0 fully saturated rings. The molecule has 0 saturated heterocycles. The Bertz CT molecular complexity index is 319. The Morgan fingerprint density at radius 1 is 1.40 bits per heavy atom. The van der Waals surface area contributed by atoms with Gasteiger partial charge in [0.15, 0.2) is 0 Å². The zero-order valence-electron chi connectivity index (χ0n) is 9.41. The Labute approximate surface area is 90.4 Å². The molecule has 0 bridgehead atoms. The van der Waals surface area contributed by atoms with Gasteiger partial charge in [0, 0.05) is 0 Å². The molecule has 1 amide bonds. The number of hydrogen-bond donors (Lipinski definition) is 1. The molecule has 0 saturated carbocycles. The Kier molecular flexibility index (Phi) is 4.16. The van der Waals surface area contributed by atoms with Crippen molar-refractivity contribution < 1.29 is 9.53 Å². The van der Waals surface area contributed by atoms with Gasteiger partial charge in [0.1, 0.15) is 0 Å². The first-order chi connectivity index (χ1) is 7.13. The van der Waals surface area contributed by atoms with Crippen molar-refractivity contribution in [2.24, 2.45) is 0 Å². The summed E-state index contributed by atoms with van der Waals surface area (Å²) in [4.78, 5) is 11.2. The largest absolute Gasteiger partial charge is 0.450 e. The monoisotopic (exact) mass is 207 g/mol. The highest BCUT2D eigenvalue weighted by Crippen LogP contribution is 2.12. The van der Waals surface area contributed by atoms with E-state index in [1.807, 2.05) is 38.1 Å². The van der Waals surface area contributed by atoms with Crippen LogP contribution in [0.3, 0.4) is 0 Å². The van der Waals surface area contributed by atoms with Crippen LogP contribution in [0.5, 0.6) is 0 Å². The molecule has 0 aromatic heterocycles. The maximum Gasteiger partial charge on any atom is 0.407 e. The fourth-order valence-electron chi connectivity index (χ4n) is 1.29. The second-order valence-corrected chi connectivity index (χ2v) is 3.50. The summed E-state index contributed by atoms with van der Waals surface area (Å²) >= 11 is 0. The Morgan fingerprint density at radius 3 is 2.53 bits per heavy atom. The molecule has 1 aromatic rings. The molecule has 0 aliphatic heterocycles. The van der Waals surface area contributed by atoms with Gasteiger partial charge < -0.3 is 10.1 Å². The number of rotatable bonds is 3. The van der Waals surface area contributed by atoms with Crippen molar-refractivity contribution in [3.05, 3.63) is 35.4 Å². The van der Waals surface area contributed by atoms with Crippen molar-refractivity contribution >= 4 is 6.09 Å². The maximum atomic E-state index is 11.2. The van der Waals surface area contributed by atoms with E-state index in [4.69, 9.17) is 4.74 Å². The lowest BCUT2D eigenvalue weighted by atomic mass is 10.1. The first-order valence-corrected chi connectivity index (χ1v) is 5.13. The molecule has 1 rings (SSSR count). The third-order valence-electron chi connectivity index (χ3n) is 2.19. The van der Waals surface area contributed by atoms with Crippen molar-refractivity contribution in [2.45, 2.75) is 26.8 Å². The standard InChI is InChI=1S/C12H17NO2/c1-4-15-12(14)13-10(3)11-7-5-9(2)6-8-11/h5-8,10H,4H2,1-3H3,(H,13,14)/t10-/m0/s1. The Hall–Kier alpha value is -1.51. The lowest BCUT2D eigenvalue weighted by molar-refractivity contribution is 0.149. The van der Waals surface area contributed by atoms with Gasteiger partial charge in [0.05, 0.1) is 12.6 Å². The highest BCUT2D eigenvalue weighted by Gasteiger charge is 2.08. The van der Waals surface area contributed by atoms with Crippen molar-refractivity contribution in [1.82, 2.24) is 5.32 Å². The summed E-state index contributed by atoms with van der Waals surface area (Å²) in [7, 11) is 0. The second kappa shape index (κ2) is 5.39. The van der Waals surface area contributed by atoms with Crippen LogP contribution in [0.1, 0.15) is 31.0 Å². The van der Waals surface area contributed by atoms with Gasteiger partial charge in [-0.3, -0.25) is 0 Å². The first-order valence-electron chi connectivity index (χ1n) is 5.13. The van der Waals surface area contributed by atoms with Gasteiger partial charge in [0.2, 0.25) is 0 Å². The minimum absolute atomic E-state index is 0.0235. The number of ether oxygens (including phenoxy) is 1. The SMILES string of the molecule is CCOC(=O)N[C@@H](C)c1ccc(C)cc1. The van der Waals surface area contributed by atoms with Crippen molar-refractivity contribution in [3.8, 4) is 0 Å². The molecule has 0 radical (unpaired) electrons. The molecule has 15 heavy (non-hydrogen) atoms. The first kappa shape index (κ1) is 11.6. The average Bonchev–Trinajstić information content (AvgIpc) is 2.18. The minimum atomic E-state index is -0.370. The van der Waals surface area contributed by atoms with Gasteiger partial charge in [-0.2, -0.15) is 0 Å². The van der Waals surface area contributed by atoms with E-state index < -0.39 is 0 Å². The Balaban J connectivity index is 2.57. The average molecular weight is 207 g/mol. The van der Waals surface area contributed by atoms with Crippen LogP contribution >= 0.6 is 0 Å². The number of nitrogens with one attached hydrogen (secondary N) is 1. The topological polar surface area (TPSA) is 38.3 Å².